The smallest absolute Gasteiger partial charge is 0.257 e. The molecule has 0 saturated heterocycles. The lowest BCUT2D eigenvalue weighted by Gasteiger charge is -2.10. The maximum Gasteiger partial charge on any atom is 0.257 e. The van der Waals surface area contributed by atoms with Gasteiger partial charge in [0.2, 0.25) is 0 Å². The molecule has 7 heteroatoms. The Morgan fingerprint density at radius 3 is 2.67 bits per heavy atom. The summed E-state index contributed by atoms with van der Waals surface area (Å²) in [5, 5.41) is 7.98. The number of amides is 1. The van der Waals surface area contributed by atoms with Crippen LogP contribution in [-0.2, 0) is 11.3 Å². The first-order valence-corrected chi connectivity index (χ1v) is 8.90. The topological polar surface area (TPSA) is 59.6 Å². The summed E-state index contributed by atoms with van der Waals surface area (Å²) in [6.07, 6.45) is 0. The Hall–Kier alpha value is -1.96. The summed E-state index contributed by atoms with van der Waals surface area (Å²) in [7, 11) is 0. The number of nitrogens with one attached hydrogen (secondary N) is 2. The molecule has 0 unspecified atom stereocenters. The van der Waals surface area contributed by atoms with Gasteiger partial charge in [-0.25, -0.2) is 0 Å². The minimum Gasteiger partial charge on any atom is -0.491 e. The standard InChI is InChI=1S/C17H20N2O3S2/c1-2-21-9-10-22-14-7-5-13(6-8-14)16(20)19-17(23)18-12-15-4-3-11-24-15/h3-8,11H,2,9-10,12H2,1H3,(H2,18,19,20,23). The van der Waals surface area contributed by atoms with Gasteiger partial charge < -0.3 is 14.8 Å². The highest BCUT2D eigenvalue weighted by Gasteiger charge is 2.08. The van der Waals surface area contributed by atoms with E-state index < -0.39 is 0 Å². The van der Waals surface area contributed by atoms with Crippen LogP contribution in [0.4, 0.5) is 0 Å². The molecule has 0 atom stereocenters. The predicted octanol–water partition coefficient (Wildman–Crippen LogP) is 2.97. The van der Waals surface area contributed by atoms with Gasteiger partial charge in [0.15, 0.2) is 5.11 Å². The zero-order valence-corrected chi connectivity index (χ0v) is 15.0. The molecule has 5 nitrogen and oxygen atoms in total. The number of ether oxygens (including phenoxy) is 2. The van der Waals surface area contributed by atoms with Crippen molar-refractivity contribution < 1.29 is 14.3 Å². The van der Waals surface area contributed by atoms with Crippen molar-refractivity contribution in [2.75, 3.05) is 19.8 Å². The lowest BCUT2D eigenvalue weighted by molar-refractivity contribution is 0.0976. The zero-order chi connectivity index (χ0) is 17.2. The number of thiocarbonyl (C=S) groups is 1. The minimum atomic E-state index is -0.250. The Morgan fingerprint density at radius 2 is 2.00 bits per heavy atom. The van der Waals surface area contributed by atoms with Crippen LogP contribution in [0.2, 0.25) is 0 Å². The third-order valence-electron chi connectivity index (χ3n) is 3.05. The summed E-state index contributed by atoms with van der Waals surface area (Å²) in [6.45, 7) is 4.23. The second-order valence-corrected chi connectivity index (χ2v) is 6.23. The van der Waals surface area contributed by atoms with Gasteiger partial charge in [0.05, 0.1) is 13.2 Å². The lowest BCUT2D eigenvalue weighted by atomic mass is 10.2. The molecule has 1 aromatic heterocycles. The van der Waals surface area contributed by atoms with E-state index >= 15 is 0 Å². The van der Waals surface area contributed by atoms with Gasteiger partial charge in [-0.3, -0.25) is 10.1 Å². The van der Waals surface area contributed by atoms with Crippen LogP contribution < -0.4 is 15.4 Å². The van der Waals surface area contributed by atoms with Crippen LogP contribution in [0, 0.1) is 0 Å². The number of hydrogen-bond donors (Lipinski definition) is 2. The van der Waals surface area contributed by atoms with Gasteiger partial charge in [-0.1, -0.05) is 6.07 Å². The van der Waals surface area contributed by atoms with Gasteiger partial charge in [-0.2, -0.15) is 0 Å². The molecule has 2 rings (SSSR count). The fourth-order valence-electron chi connectivity index (χ4n) is 1.87. The summed E-state index contributed by atoms with van der Waals surface area (Å²) >= 11 is 6.77. The summed E-state index contributed by atoms with van der Waals surface area (Å²) in [5.74, 6) is 0.448. The third kappa shape index (κ3) is 6.27. The van der Waals surface area contributed by atoms with Crippen LogP contribution in [-0.4, -0.2) is 30.8 Å². The molecular weight excluding hydrogens is 344 g/mol. The molecule has 128 valence electrons. The SMILES string of the molecule is CCOCCOc1ccc(C(=O)NC(=S)NCc2cccs2)cc1. The maximum absolute atomic E-state index is 12.1. The van der Waals surface area contributed by atoms with Gasteiger partial charge in [0.1, 0.15) is 12.4 Å². The molecule has 0 bridgehead atoms. The van der Waals surface area contributed by atoms with Crippen molar-refractivity contribution in [1.82, 2.24) is 10.6 Å². The molecule has 0 spiro atoms. The van der Waals surface area contributed by atoms with E-state index in [1.54, 1.807) is 35.6 Å². The molecule has 1 amide bonds. The Balaban J connectivity index is 1.76. The van der Waals surface area contributed by atoms with Crippen molar-refractivity contribution in [3.63, 3.8) is 0 Å². The Labute approximate surface area is 151 Å². The Morgan fingerprint density at radius 1 is 1.21 bits per heavy atom. The highest BCUT2D eigenvalue weighted by Crippen LogP contribution is 2.12. The van der Waals surface area contributed by atoms with Crippen molar-refractivity contribution in [2.24, 2.45) is 0 Å². The first kappa shape index (κ1) is 18.4. The average molecular weight is 364 g/mol. The van der Waals surface area contributed by atoms with Crippen molar-refractivity contribution in [2.45, 2.75) is 13.5 Å². The van der Waals surface area contributed by atoms with E-state index in [2.05, 4.69) is 10.6 Å². The lowest BCUT2D eigenvalue weighted by Crippen LogP contribution is -2.38. The van der Waals surface area contributed by atoms with Crippen molar-refractivity contribution in [3.05, 3.63) is 52.2 Å². The highest BCUT2D eigenvalue weighted by molar-refractivity contribution is 7.80. The monoisotopic (exact) mass is 364 g/mol. The average Bonchev–Trinajstić information content (AvgIpc) is 3.11. The number of carbonyl (C=O) groups is 1. The molecule has 0 aliphatic carbocycles. The van der Waals surface area contributed by atoms with Gasteiger partial charge >= 0.3 is 0 Å². The van der Waals surface area contributed by atoms with Gasteiger partial charge in [-0.15, -0.1) is 11.3 Å². The molecule has 0 fully saturated rings. The van der Waals surface area contributed by atoms with Crippen molar-refractivity contribution in [1.29, 1.82) is 0 Å². The van der Waals surface area contributed by atoms with Gasteiger partial charge in [-0.05, 0) is 54.9 Å². The molecule has 2 aromatic rings. The fraction of sp³-hybridized carbons (Fsp3) is 0.294. The van der Waals surface area contributed by atoms with Crippen LogP contribution in [0.1, 0.15) is 22.2 Å². The summed E-state index contributed by atoms with van der Waals surface area (Å²) in [6, 6.07) is 10.9. The second kappa shape index (κ2) is 10.0. The van der Waals surface area contributed by atoms with E-state index in [-0.39, 0.29) is 5.91 Å². The first-order valence-electron chi connectivity index (χ1n) is 7.61. The van der Waals surface area contributed by atoms with Gasteiger partial charge in [0, 0.05) is 17.0 Å². The van der Waals surface area contributed by atoms with E-state index in [1.807, 2.05) is 24.4 Å². The molecule has 1 aromatic carbocycles. The van der Waals surface area contributed by atoms with Crippen molar-refractivity contribution in [3.8, 4) is 5.75 Å². The van der Waals surface area contributed by atoms with Gasteiger partial charge in [0.25, 0.3) is 5.91 Å². The molecule has 1 heterocycles. The number of benzene rings is 1. The molecule has 0 saturated carbocycles. The zero-order valence-electron chi connectivity index (χ0n) is 13.4. The summed E-state index contributed by atoms with van der Waals surface area (Å²) < 4.78 is 10.7. The normalized spacial score (nSPS) is 10.2. The predicted molar refractivity (Wildman–Crippen MR) is 99.7 cm³/mol. The quantitative estimate of drug-likeness (QED) is 0.557. The summed E-state index contributed by atoms with van der Waals surface area (Å²) in [4.78, 5) is 13.3. The van der Waals surface area contributed by atoms with Crippen LogP contribution >= 0.6 is 23.6 Å². The molecular formula is C17H20N2O3S2. The van der Waals surface area contributed by atoms with E-state index in [0.717, 1.165) is 4.88 Å². The van der Waals surface area contributed by atoms with Crippen LogP contribution in [0.5, 0.6) is 5.75 Å². The number of rotatable bonds is 8. The second-order valence-electron chi connectivity index (χ2n) is 4.79. The fourth-order valence-corrected chi connectivity index (χ4v) is 2.67. The molecule has 0 radical (unpaired) electrons. The Kier molecular flexibility index (Phi) is 7.67. The maximum atomic E-state index is 12.1. The van der Waals surface area contributed by atoms with Crippen LogP contribution in [0.25, 0.3) is 0 Å². The van der Waals surface area contributed by atoms with E-state index in [1.165, 1.54) is 0 Å². The van der Waals surface area contributed by atoms with E-state index in [0.29, 0.717) is 42.8 Å². The van der Waals surface area contributed by atoms with E-state index in [4.69, 9.17) is 21.7 Å². The minimum absolute atomic E-state index is 0.250. The highest BCUT2D eigenvalue weighted by atomic mass is 32.1. The van der Waals surface area contributed by atoms with Crippen molar-refractivity contribution >= 4 is 34.6 Å². The third-order valence-corrected chi connectivity index (χ3v) is 4.17. The molecule has 0 aliphatic heterocycles. The summed E-state index contributed by atoms with van der Waals surface area (Å²) in [5.41, 5.74) is 0.521. The van der Waals surface area contributed by atoms with E-state index in [9.17, 15) is 4.79 Å². The van der Waals surface area contributed by atoms with Crippen LogP contribution in [0.15, 0.2) is 41.8 Å². The first-order chi connectivity index (χ1) is 11.7. The molecule has 0 aliphatic rings. The Bertz CT molecular complexity index is 642. The molecule has 2 N–H and O–H groups in total. The number of carbonyl (C=O) groups excluding carboxylic acids is 1. The largest absolute Gasteiger partial charge is 0.491 e. The van der Waals surface area contributed by atoms with Crippen LogP contribution in [0.3, 0.4) is 0 Å². The number of hydrogen-bond acceptors (Lipinski definition) is 5. The number of thiophene rings is 1. The molecule has 24 heavy (non-hydrogen) atoms.